The Labute approximate surface area is 118 Å². The first-order valence-corrected chi connectivity index (χ1v) is 6.71. The third-order valence-corrected chi connectivity index (χ3v) is 2.12. The molecule has 0 atom stereocenters. The number of hydrogen-bond acceptors (Lipinski definition) is 8. The van der Waals surface area contributed by atoms with Crippen molar-refractivity contribution in [3.63, 3.8) is 0 Å². The maximum absolute atomic E-state index is 11.3. The van der Waals surface area contributed by atoms with Gasteiger partial charge in [0.2, 0.25) is 11.9 Å². The van der Waals surface area contributed by atoms with Crippen LogP contribution in [-0.4, -0.2) is 47.2 Å². The molecule has 1 heterocycles. The van der Waals surface area contributed by atoms with Crippen LogP contribution in [0.15, 0.2) is 0 Å². The van der Waals surface area contributed by atoms with Crippen LogP contribution in [0.4, 0.5) is 11.9 Å². The van der Waals surface area contributed by atoms with Crippen molar-refractivity contribution >= 4 is 17.9 Å². The van der Waals surface area contributed by atoms with Gasteiger partial charge < -0.3 is 20.1 Å². The van der Waals surface area contributed by atoms with E-state index in [1.165, 1.54) is 0 Å². The van der Waals surface area contributed by atoms with E-state index in [0.29, 0.717) is 19.2 Å². The van der Waals surface area contributed by atoms with E-state index in [-0.39, 0.29) is 24.5 Å². The van der Waals surface area contributed by atoms with Crippen molar-refractivity contribution in [3.8, 4) is 6.01 Å². The molecule has 20 heavy (non-hydrogen) atoms. The topological polar surface area (TPSA) is 98.3 Å². The molecule has 0 unspecified atom stereocenters. The van der Waals surface area contributed by atoms with Gasteiger partial charge in [-0.15, -0.1) is 0 Å². The Bertz CT molecular complexity index is 428. The first kappa shape index (κ1) is 15.9. The molecule has 0 radical (unpaired) electrons. The van der Waals surface area contributed by atoms with Gasteiger partial charge in [0.1, 0.15) is 6.54 Å². The van der Waals surface area contributed by atoms with Crippen molar-refractivity contribution in [3.05, 3.63) is 0 Å². The summed E-state index contributed by atoms with van der Waals surface area (Å²) >= 11 is 0. The molecule has 0 bridgehead atoms. The summed E-state index contributed by atoms with van der Waals surface area (Å²) < 4.78 is 10.1. The fraction of sp³-hybridized carbons (Fsp3) is 0.667. The Hall–Kier alpha value is -2.12. The molecule has 1 aromatic heterocycles. The lowest BCUT2D eigenvalue weighted by Gasteiger charge is -2.09. The second kappa shape index (κ2) is 8.89. The lowest BCUT2D eigenvalue weighted by molar-refractivity contribution is -0.140. The highest BCUT2D eigenvalue weighted by Crippen LogP contribution is 2.11. The van der Waals surface area contributed by atoms with Gasteiger partial charge in [0.15, 0.2) is 0 Å². The molecular formula is C12H21N5O3. The maximum atomic E-state index is 11.3. The molecule has 112 valence electrons. The smallest absolute Gasteiger partial charge is 0.325 e. The standard InChI is InChI=1S/C12H21N5O3/c1-4-7-13-10-15-11(14-8-9(18)19-5-2)17-12(16-10)20-6-3/h4-8H2,1-3H3,(H2,13,14,15,16,17). The highest BCUT2D eigenvalue weighted by Gasteiger charge is 2.08. The van der Waals surface area contributed by atoms with E-state index in [2.05, 4.69) is 25.6 Å². The summed E-state index contributed by atoms with van der Waals surface area (Å²) in [4.78, 5) is 23.6. The van der Waals surface area contributed by atoms with E-state index < -0.39 is 0 Å². The number of carbonyl (C=O) groups is 1. The number of esters is 1. The van der Waals surface area contributed by atoms with E-state index in [1.807, 2.05) is 13.8 Å². The molecule has 2 N–H and O–H groups in total. The number of aromatic nitrogens is 3. The van der Waals surface area contributed by atoms with Crippen molar-refractivity contribution in [2.45, 2.75) is 27.2 Å². The summed E-state index contributed by atoms with van der Waals surface area (Å²) in [6.45, 7) is 7.16. The maximum Gasteiger partial charge on any atom is 0.325 e. The zero-order chi connectivity index (χ0) is 14.8. The third-order valence-electron chi connectivity index (χ3n) is 2.12. The molecule has 1 rings (SSSR count). The summed E-state index contributed by atoms with van der Waals surface area (Å²) in [6, 6.07) is 0.215. The van der Waals surface area contributed by atoms with Gasteiger partial charge in [-0.3, -0.25) is 4.79 Å². The minimum atomic E-state index is -0.367. The molecule has 8 nitrogen and oxygen atoms in total. The van der Waals surface area contributed by atoms with E-state index in [0.717, 1.165) is 13.0 Å². The minimum absolute atomic E-state index is 0.00334. The number of nitrogens with one attached hydrogen (secondary N) is 2. The summed E-state index contributed by atoms with van der Waals surface area (Å²) in [5.74, 6) is 0.320. The predicted octanol–water partition coefficient (Wildman–Crippen LogP) is 1.07. The first-order chi connectivity index (χ1) is 9.69. The highest BCUT2D eigenvalue weighted by atomic mass is 16.5. The Morgan fingerprint density at radius 2 is 1.75 bits per heavy atom. The Balaban J connectivity index is 2.71. The van der Waals surface area contributed by atoms with Crippen LogP contribution in [0.3, 0.4) is 0 Å². The second-order valence-electron chi connectivity index (χ2n) is 3.78. The van der Waals surface area contributed by atoms with E-state index in [9.17, 15) is 4.79 Å². The van der Waals surface area contributed by atoms with E-state index in [4.69, 9.17) is 9.47 Å². The third kappa shape index (κ3) is 5.68. The van der Waals surface area contributed by atoms with Crippen molar-refractivity contribution in [1.29, 1.82) is 0 Å². The Morgan fingerprint density at radius 3 is 2.35 bits per heavy atom. The molecule has 0 amide bonds. The van der Waals surface area contributed by atoms with Crippen LogP contribution in [0.25, 0.3) is 0 Å². The number of rotatable bonds is 9. The molecule has 8 heteroatoms. The van der Waals surface area contributed by atoms with Gasteiger partial charge in [0.25, 0.3) is 0 Å². The van der Waals surface area contributed by atoms with Gasteiger partial charge >= 0.3 is 12.0 Å². The zero-order valence-corrected chi connectivity index (χ0v) is 12.1. The molecule has 0 aliphatic carbocycles. The van der Waals surface area contributed by atoms with Crippen molar-refractivity contribution in [2.24, 2.45) is 0 Å². The molecular weight excluding hydrogens is 262 g/mol. The van der Waals surface area contributed by atoms with Gasteiger partial charge in [0.05, 0.1) is 13.2 Å². The van der Waals surface area contributed by atoms with Crippen molar-refractivity contribution in [1.82, 2.24) is 15.0 Å². The molecule has 1 aromatic rings. The van der Waals surface area contributed by atoms with Crippen LogP contribution >= 0.6 is 0 Å². The van der Waals surface area contributed by atoms with Crippen LogP contribution < -0.4 is 15.4 Å². The summed E-state index contributed by atoms with van der Waals surface area (Å²) in [5.41, 5.74) is 0. The number of nitrogens with zero attached hydrogens (tertiary/aromatic N) is 3. The Kier molecular flexibility index (Phi) is 7.08. The van der Waals surface area contributed by atoms with Crippen molar-refractivity contribution < 1.29 is 14.3 Å². The van der Waals surface area contributed by atoms with Gasteiger partial charge in [-0.1, -0.05) is 6.92 Å². The van der Waals surface area contributed by atoms with Gasteiger partial charge in [-0.25, -0.2) is 0 Å². The predicted molar refractivity (Wildman–Crippen MR) is 74.9 cm³/mol. The van der Waals surface area contributed by atoms with Crippen LogP contribution in [0.5, 0.6) is 6.01 Å². The SMILES string of the molecule is CCCNc1nc(NCC(=O)OCC)nc(OCC)n1. The summed E-state index contributed by atoms with van der Waals surface area (Å²) in [7, 11) is 0. The fourth-order valence-electron chi connectivity index (χ4n) is 1.31. The molecule has 0 aromatic carbocycles. The largest absolute Gasteiger partial charge is 0.465 e. The molecule has 0 saturated heterocycles. The average molecular weight is 283 g/mol. The van der Waals surface area contributed by atoms with Crippen LogP contribution in [0.2, 0.25) is 0 Å². The number of carbonyl (C=O) groups excluding carboxylic acids is 1. The Morgan fingerprint density at radius 1 is 1.05 bits per heavy atom. The van der Waals surface area contributed by atoms with Crippen LogP contribution in [0, 0.1) is 0 Å². The average Bonchev–Trinajstić information content (AvgIpc) is 2.43. The molecule has 0 aliphatic heterocycles. The summed E-state index contributed by atoms with van der Waals surface area (Å²) in [5, 5.41) is 5.84. The number of anilines is 2. The number of ether oxygens (including phenoxy) is 2. The quantitative estimate of drug-likeness (QED) is 0.649. The minimum Gasteiger partial charge on any atom is -0.465 e. The molecule has 0 saturated carbocycles. The van der Waals surface area contributed by atoms with Crippen LogP contribution in [-0.2, 0) is 9.53 Å². The van der Waals surface area contributed by atoms with Gasteiger partial charge in [0, 0.05) is 6.54 Å². The van der Waals surface area contributed by atoms with Crippen molar-refractivity contribution in [2.75, 3.05) is 36.9 Å². The lowest BCUT2D eigenvalue weighted by Crippen LogP contribution is -2.19. The van der Waals surface area contributed by atoms with Gasteiger partial charge in [-0.05, 0) is 20.3 Å². The molecule has 0 aliphatic rings. The van der Waals surface area contributed by atoms with E-state index >= 15 is 0 Å². The highest BCUT2D eigenvalue weighted by molar-refractivity contribution is 5.74. The van der Waals surface area contributed by atoms with E-state index in [1.54, 1.807) is 6.92 Å². The second-order valence-corrected chi connectivity index (χ2v) is 3.78. The number of hydrogen-bond donors (Lipinski definition) is 2. The van der Waals surface area contributed by atoms with Crippen LogP contribution in [0.1, 0.15) is 27.2 Å². The fourth-order valence-corrected chi connectivity index (χ4v) is 1.31. The first-order valence-electron chi connectivity index (χ1n) is 6.71. The summed E-state index contributed by atoms with van der Waals surface area (Å²) in [6.07, 6.45) is 0.946. The normalized spacial score (nSPS) is 9.95. The lowest BCUT2D eigenvalue weighted by atomic mass is 10.5. The zero-order valence-electron chi connectivity index (χ0n) is 12.1. The molecule has 0 spiro atoms. The monoisotopic (exact) mass is 283 g/mol. The van der Waals surface area contributed by atoms with Gasteiger partial charge in [-0.2, -0.15) is 15.0 Å². The molecule has 0 fully saturated rings.